The number of halogens is 1. The van der Waals surface area contributed by atoms with E-state index in [9.17, 15) is 5.11 Å². The Bertz CT molecular complexity index is 879. The number of hydrogen-bond donors (Lipinski definition) is 1. The van der Waals surface area contributed by atoms with Gasteiger partial charge in [-0.05, 0) is 48.4 Å². The summed E-state index contributed by atoms with van der Waals surface area (Å²) in [5.41, 5.74) is 1.66. The van der Waals surface area contributed by atoms with Gasteiger partial charge in [0.15, 0.2) is 18.1 Å². The van der Waals surface area contributed by atoms with Crippen LogP contribution in [0.5, 0.6) is 17.2 Å². The van der Waals surface area contributed by atoms with E-state index >= 15 is 0 Å². The van der Waals surface area contributed by atoms with E-state index in [1.807, 2.05) is 19.1 Å². The zero-order chi connectivity index (χ0) is 17.8. The standard InChI is InChI=1S/C18H17ClN2O4/c1-3-11-8-13(19)5-7-15(11)24-10-17-20-21-18(25-17)12-4-6-14(22)16(9-12)23-2/h4-9,22H,3,10H2,1-2H3. The van der Waals surface area contributed by atoms with Crippen LogP contribution in [0.2, 0.25) is 5.02 Å². The van der Waals surface area contributed by atoms with Crippen molar-refractivity contribution in [3.8, 4) is 28.7 Å². The van der Waals surface area contributed by atoms with Crippen molar-refractivity contribution in [1.82, 2.24) is 10.2 Å². The van der Waals surface area contributed by atoms with Gasteiger partial charge in [-0.15, -0.1) is 10.2 Å². The maximum atomic E-state index is 9.65. The van der Waals surface area contributed by atoms with Crippen LogP contribution in [0.3, 0.4) is 0 Å². The minimum atomic E-state index is 0.0455. The van der Waals surface area contributed by atoms with Crippen molar-refractivity contribution in [2.75, 3.05) is 7.11 Å². The van der Waals surface area contributed by atoms with Gasteiger partial charge in [0.1, 0.15) is 5.75 Å². The number of phenolic OH excluding ortho intramolecular Hbond substituents is 1. The third-order valence-corrected chi connectivity index (χ3v) is 3.88. The van der Waals surface area contributed by atoms with Gasteiger partial charge in [0.2, 0.25) is 5.89 Å². The highest BCUT2D eigenvalue weighted by atomic mass is 35.5. The van der Waals surface area contributed by atoms with Crippen molar-refractivity contribution in [3.05, 3.63) is 52.9 Å². The molecule has 1 aromatic heterocycles. The first-order valence-corrected chi connectivity index (χ1v) is 8.09. The van der Waals surface area contributed by atoms with E-state index in [2.05, 4.69) is 10.2 Å². The molecule has 0 bridgehead atoms. The molecule has 0 amide bonds. The van der Waals surface area contributed by atoms with Crippen LogP contribution in [0.15, 0.2) is 40.8 Å². The van der Waals surface area contributed by atoms with Crippen LogP contribution in [0, 0.1) is 0 Å². The highest BCUT2D eigenvalue weighted by molar-refractivity contribution is 6.30. The Morgan fingerprint density at radius 3 is 2.72 bits per heavy atom. The second kappa shape index (κ2) is 7.44. The smallest absolute Gasteiger partial charge is 0.254 e. The van der Waals surface area contributed by atoms with Crippen molar-refractivity contribution < 1.29 is 19.0 Å². The fourth-order valence-electron chi connectivity index (χ4n) is 2.34. The molecule has 0 atom stereocenters. The first-order valence-electron chi connectivity index (χ1n) is 7.71. The molecule has 0 aliphatic heterocycles. The summed E-state index contributed by atoms with van der Waals surface area (Å²) in [5.74, 6) is 1.78. The molecule has 0 aliphatic rings. The Morgan fingerprint density at radius 2 is 1.96 bits per heavy atom. The van der Waals surface area contributed by atoms with Crippen LogP contribution in [0.25, 0.3) is 11.5 Å². The van der Waals surface area contributed by atoms with Crippen LogP contribution in [-0.2, 0) is 13.0 Å². The Kier molecular flexibility index (Phi) is 5.09. The van der Waals surface area contributed by atoms with Crippen molar-refractivity contribution in [2.45, 2.75) is 20.0 Å². The molecule has 0 saturated heterocycles. The fraction of sp³-hybridized carbons (Fsp3) is 0.222. The van der Waals surface area contributed by atoms with Crippen LogP contribution in [0.4, 0.5) is 0 Å². The van der Waals surface area contributed by atoms with Crippen LogP contribution in [-0.4, -0.2) is 22.4 Å². The Hall–Kier alpha value is -2.73. The summed E-state index contributed by atoms with van der Waals surface area (Å²) < 4.78 is 16.5. The van der Waals surface area contributed by atoms with Gasteiger partial charge in [-0.3, -0.25) is 0 Å². The molecule has 0 unspecified atom stereocenters. The molecule has 2 aromatic carbocycles. The molecule has 3 rings (SSSR count). The van der Waals surface area contributed by atoms with Crippen LogP contribution >= 0.6 is 11.6 Å². The second-order valence-corrected chi connectivity index (χ2v) is 5.72. The molecule has 0 radical (unpaired) electrons. The number of nitrogens with zero attached hydrogens (tertiary/aromatic N) is 2. The van der Waals surface area contributed by atoms with E-state index in [1.54, 1.807) is 18.2 Å². The Morgan fingerprint density at radius 1 is 1.12 bits per heavy atom. The predicted octanol–water partition coefficient (Wildman–Crippen LogP) is 4.25. The maximum absolute atomic E-state index is 9.65. The number of aromatic nitrogens is 2. The lowest BCUT2D eigenvalue weighted by Crippen LogP contribution is -1.98. The molecule has 0 spiro atoms. The van der Waals surface area contributed by atoms with E-state index in [0.29, 0.717) is 28.1 Å². The first-order chi connectivity index (χ1) is 12.1. The highest BCUT2D eigenvalue weighted by Crippen LogP contribution is 2.31. The van der Waals surface area contributed by atoms with E-state index in [4.69, 9.17) is 25.5 Å². The number of phenols is 1. The number of ether oxygens (including phenoxy) is 2. The molecule has 6 nitrogen and oxygen atoms in total. The lowest BCUT2D eigenvalue weighted by Gasteiger charge is -2.08. The Labute approximate surface area is 150 Å². The summed E-state index contributed by atoms with van der Waals surface area (Å²) in [4.78, 5) is 0. The molecule has 1 heterocycles. The van der Waals surface area contributed by atoms with Crippen LogP contribution in [0.1, 0.15) is 18.4 Å². The lowest BCUT2D eigenvalue weighted by atomic mass is 10.1. The number of rotatable bonds is 6. The van der Waals surface area contributed by atoms with Gasteiger partial charge in [0, 0.05) is 10.6 Å². The molecule has 0 aliphatic carbocycles. The molecule has 1 N–H and O–H groups in total. The third-order valence-electron chi connectivity index (χ3n) is 3.65. The fourth-order valence-corrected chi connectivity index (χ4v) is 2.54. The zero-order valence-electron chi connectivity index (χ0n) is 13.8. The number of methoxy groups -OCH3 is 1. The lowest BCUT2D eigenvalue weighted by molar-refractivity contribution is 0.262. The van der Waals surface area contributed by atoms with Gasteiger partial charge in [0.25, 0.3) is 5.89 Å². The van der Waals surface area contributed by atoms with E-state index < -0.39 is 0 Å². The van der Waals surface area contributed by atoms with Gasteiger partial charge >= 0.3 is 0 Å². The monoisotopic (exact) mass is 360 g/mol. The number of aryl methyl sites for hydroxylation is 1. The molecule has 25 heavy (non-hydrogen) atoms. The normalized spacial score (nSPS) is 10.7. The van der Waals surface area contributed by atoms with Crippen molar-refractivity contribution in [3.63, 3.8) is 0 Å². The predicted molar refractivity (Wildman–Crippen MR) is 93.1 cm³/mol. The van der Waals surface area contributed by atoms with Crippen LogP contribution < -0.4 is 9.47 Å². The van der Waals surface area contributed by atoms with Gasteiger partial charge in [-0.2, -0.15) is 0 Å². The number of benzene rings is 2. The van der Waals surface area contributed by atoms with Gasteiger partial charge < -0.3 is 19.0 Å². The molecular weight excluding hydrogens is 344 g/mol. The molecule has 3 aromatic rings. The van der Waals surface area contributed by atoms with Crippen molar-refractivity contribution >= 4 is 11.6 Å². The minimum Gasteiger partial charge on any atom is -0.504 e. The average molecular weight is 361 g/mol. The summed E-state index contributed by atoms with van der Waals surface area (Å²) >= 11 is 6.00. The second-order valence-electron chi connectivity index (χ2n) is 5.28. The summed E-state index contributed by atoms with van der Waals surface area (Å²) in [5, 5.41) is 18.3. The summed E-state index contributed by atoms with van der Waals surface area (Å²) in [6.45, 7) is 2.18. The molecule has 0 saturated carbocycles. The first kappa shape index (κ1) is 17.1. The highest BCUT2D eigenvalue weighted by Gasteiger charge is 2.12. The number of hydrogen-bond acceptors (Lipinski definition) is 6. The zero-order valence-corrected chi connectivity index (χ0v) is 14.6. The quantitative estimate of drug-likeness (QED) is 0.708. The Balaban J connectivity index is 1.74. The van der Waals surface area contributed by atoms with Gasteiger partial charge in [0.05, 0.1) is 7.11 Å². The summed E-state index contributed by atoms with van der Waals surface area (Å²) in [6.07, 6.45) is 0.804. The van der Waals surface area contributed by atoms with Gasteiger partial charge in [-0.1, -0.05) is 18.5 Å². The van der Waals surface area contributed by atoms with Crippen molar-refractivity contribution in [1.29, 1.82) is 0 Å². The topological polar surface area (TPSA) is 77.6 Å². The van der Waals surface area contributed by atoms with E-state index in [0.717, 1.165) is 17.7 Å². The summed E-state index contributed by atoms with van der Waals surface area (Å²) in [7, 11) is 1.48. The number of aromatic hydroxyl groups is 1. The SMILES string of the molecule is CCc1cc(Cl)ccc1OCc1nnc(-c2ccc(O)c(OC)c2)o1. The van der Waals surface area contributed by atoms with Crippen molar-refractivity contribution in [2.24, 2.45) is 0 Å². The molecule has 7 heteroatoms. The third kappa shape index (κ3) is 3.85. The largest absolute Gasteiger partial charge is 0.504 e. The van der Waals surface area contributed by atoms with Gasteiger partial charge in [-0.25, -0.2) is 0 Å². The molecule has 0 fully saturated rings. The minimum absolute atomic E-state index is 0.0455. The van der Waals surface area contributed by atoms with E-state index in [-0.39, 0.29) is 12.4 Å². The van der Waals surface area contributed by atoms with E-state index in [1.165, 1.54) is 13.2 Å². The molecule has 130 valence electrons. The maximum Gasteiger partial charge on any atom is 0.254 e. The average Bonchev–Trinajstić information content (AvgIpc) is 3.10. The summed E-state index contributed by atoms with van der Waals surface area (Å²) in [6, 6.07) is 10.3. The molecular formula is C18H17ClN2O4.